The summed E-state index contributed by atoms with van der Waals surface area (Å²) in [6, 6.07) is 0. The van der Waals surface area contributed by atoms with E-state index in [1.807, 2.05) is 0 Å². The molecule has 76 valence electrons. The molecule has 0 radical (unpaired) electrons. The van der Waals surface area contributed by atoms with Crippen molar-refractivity contribution in [3.05, 3.63) is 17.1 Å². The van der Waals surface area contributed by atoms with Crippen molar-refractivity contribution in [2.24, 2.45) is 16.1 Å². The van der Waals surface area contributed by atoms with Gasteiger partial charge >= 0.3 is 0 Å². The second-order valence-electron chi connectivity index (χ2n) is 5.14. The highest BCUT2D eigenvalue weighted by molar-refractivity contribution is 5.21. The molecule has 3 nitrogen and oxygen atoms in total. The fraction of sp³-hybridized carbons (Fsp3) is 0.818. The van der Waals surface area contributed by atoms with Crippen molar-refractivity contribution in [3.8, 4) is 0 Å². The van der Waals surface area contributed by atoms with E-state index in [0.29, 0.717) is 10.8 Å². The largest absolute Gasteiger partial charge is 0.259 e. The first-order valence-corrected chi connectivity index (χ1v) is 5.56. The van der Waals surface area contributed by atoms with E-state index in [0.717, 1.165) is 13.1 Å². The van der Waals surface area contributed by atoms with Crippen molar-refractivity contribution in [1.29, 1.82) is 0 Å². The molecule has 1 aliphatic heterocycles. The van der Waals surface area contributed by atoms with Crippen LogP contribution in [0.25, 0.3) is 0 Å². The molecule has 3 rings (SSSR count). The Balaban J connectivity index is 2.03. The number of nitrogens with zero attached hydrogens (tertiary/aromatic N) is 2. The van der Waals surface area contributed by atoms with Gasteiger partial charge in [-0.2, -0.15) is 0 Å². The fourth-order valence-electron chi connectivity index (χ4n) is 3.96. The predicted molar refractivity (Wildman–Crippen MR) is 54.5 cm³/mol. The topological polar surface area (TPSA) is 32.7 Å². The van der Waals surface area contributed by atoms with Gasteiger partial charge in [-0.05, 0) is 25.7 Å². The maximum absolute atomic E-state index is 10.6. The SMILES string of the molecule is O=NN1C[C@@]23C=CCC[C@@]2(CCC3)C1. The monoisotopic (exact) mass is 192 g/mol. The molecule has 0 aromatic carbocycles. The third-order valence-corrected chi connectivity index (χ3v) is 4.63. The van der Waals surface area contributed by atoms with Crippen LogP contribution in [0.1, 0.15) is 32.1 Å². The van der Waals surface area contributed by atoms with E-state index in [-0.39, 0.29) is 0 Å². The summed E-state index contributed by atoms with van der Waals surface area (Å²) in [7, 11) is 0. The molecule has 14 heavy (non-hydrogen) atoms. The predicted octanol–water partition coefficient (Wildman–Crippen LogP) is 2.49. The van der Waals surface area contributed by atoms with Crippen LogP contribution in [0.3, 0.4) is 0 Å². The number of allylic oxidation sites excluding steroid dienone is 1. The summed E-state index contributed by atoms with van der Waals surface area (Å²) in [6.45, 7) is 1.77. The number of rotatable bonds is 1. The number of hydrogen-bond acceptors (Lipinski definition) is 2. The highest BCUT2D eigenvalue weighted by atomic mass is 16.3. The summed E-state index contributed by atoms with van der Waals surface area (Å²) in [6.07, 6.45) is 11.0. The van der Waals surface area contributed by atoms with Gasteiger partial charge in [-0.15, -0.1) is 4.91 Å². The smallest absolute Gasteiger partial charge is 0.0524 e. The van der Waals surface area contributed by atoms with E-state index in [2.05, 4.69) is 17.4 Å². The van der Waals surface area contributed by atoms with Gasteiger partial charge in [0.05, 0.1) is 5.29 Å². The van der Waals surface area contributed by atoms with Crippen molar-refractivity contribution < 1.29 is 0 Å². The molecule has 0 unspecified atom stereocenters. The van der Waals surface area contributed by atoms with Gasteiger partial charge in [-0.1, -0.05) is 18.6 Å². The van der Waals surface area contributed by atoms with E-state index in [9.17, 15) is 4.91 Å². The molecule has 0 spiro atoms. The van der Waals surface area contributed by atoms with Gasteiger partial charge in [-0.3, -0.25) is 5.01 Å². The van der Waals surface area contributed by atoms with Crippen molar-refractivity contribution in [2.45, 2.75) is 32.1 Å². The molecule has 2 fully saturated rings. The first-order valence-electron chi connectivity index (χ1n) is 5.56. The lowest BCUT2D eigenvalue weighted by Gasteiger charge is -2.39. The zero-order chi connectivity index (χ0) is 9.65. The molecule has 0 amide bonds. The molecule has 0 bridgehead atoms. The summed E-state index contributed by atoms with van der Waals surface area (Å²) in [4.78, 5) is 10.6. The molecule has 1 saturated carbocycles. The van der Waals surface area contributed by atoms with Crippen molar-refractivity contribution in [2.75, 3.05) is 13.1 Å². The molecule has 3 heteroatoms. The van der Waals surface area contributed by atoms with E-state index in [4.69, 9.17) is 0 Å². The molecular formula is C11H16N2O. The van der Waals surface area contributed by atoms with Crippen molar-refractivity contribution >= 4 is 0 Å². The van der Waals surface area contributed by atoms with Crippen molar-refractivity contribution in [1.82, 2.24) is 5.01 Å². The van der Waals surface area contributed by atoms with Crippen LogP contribution in [-0.2, 0) is 0 Å². The molecule has 0 aromatic heterocycles. The van der Waals surface area contributed by atoms with Gasteiger partial charge in [0, 0.05) is 23.9 Å². The fourth-order valence-corrected chi connectivity index (χ4v) is 3.96. The second kappa shape index (κ2) is 2.59. The quantitative estimate of drug-likeness (QED) is 0.472. The average molecular weight is 192 g/mol. The molecule has 2 aliphatic carbocycles. The summed E-state index contributed by atoms with van der Waals surface area (Å²) in [5, 5.41) is 4.88. The Morgan fingerprint density at radius 1 is 1.21 bits per heavy atom. The molecule has 3 aliphatic rings. The molecule has 1 heterocycles. The van der Waals surface area contributed by atoms with Gasteiger partial charge < -0.3 is 0 Å². The average Bonchev–Trinajstić information content (AvgIpc) is 2.69. The van der Waals surface area contributed by atoms with Gasteiger partial charge in [0.25, 0.3) is 0 Å². The highest BCUT2D eigenvalue weighted by Gasteiger charge is 2.59. The summed E-state index contributed by atoms with van der Waals surface area (Å²) >= 11 is 0. The lowest BCUT2D eigenvalue weighted by molar-refractivity contribution is 0.164. The molecule has 2 atom stereocenters. The van der Waals surface area contributed by atoms with Gasteiger partial charge in [0.1, 0.15) is 0 Å². The van der Waals surface area contributed by atoms with Crippen LogP contribution >= 0.6 is 0 Å². The Morgan fingerprint density at radius 2 is 2.14 bits per heavy atom. The van der Waals surface area contributed by atoms with Crippen LogP contribution in [0.2, 0.25) is 0 Å². The van der Waals surface area contributed by atoms with E-state index < -0.39 is 0 Å². The Kier molecular flexibility index (Phi) is 1.56. The van der Waals surface area contributed by atoms with Crippen LogP contribution in [0.5, 0.6) is 0 Å². The maximum atomic E-state index is 10.6. The van der Waals surface area contributed by atoms with E-state index in [1.54, 1.807) is 5.01 Å². The number of nitroso groups, excluding NO2 is 1. The summed E-state index contributed by atoms with van der Waals surface area (Å²) in [5.41, 5.74) is 0.703. The van der Waals surface area contributed by atoms with E-state index >= 15 is 0 Å². The Morgan fingerprint density at radius 3 is 2.93 bits per heavy atom. The second-order valence-corrected chi connectivity index (χ2v) is 5.14. The standard InChI is InChI=1S/C11H16N2O/c14-12-13-8-10-4-1-2-5-11(10,9-13)7-3-6-10/h1,4H,2-3,5-9H2/t10-,11+/m0/s1. The molecular weight excluding hydrogens is 176 g/mol. The van der Waals surface area contributed by atoms with Gasteiger partial charge in [0.15, 0.2) is 0 Å². The van der Waals surface area contributed by atoms with Gasteiger partial charge in [-0.25, -0.2) is 0 Å². The van der Waals surface area contributed by atoms with Crippen LogP contribution in [0, 0.1) is 15.7 Å². The van der Waals surface area contributed by atoms with Crippen LogP contribution < -0.4 is 0 Å². The van der Waals surface area contributed by atoms with Crippen LogP contribution in [0.15, 0.2) is 17.4 Å². The first kappa shape index (κ1) is 8.45. The molecule has 1 saturated heterocycles. The molecule has 0 aromatic rings. The maximum Gasteiger partial charge on any atom is 0.0524 e. The third kappa shape index (κ3) is 0.830. The lowest BCUT2D eigenvalue weighted by Crippen LogP contribution is -2.36. The minimum Gasteiger partial charge on any atom is -0.259 e. The summed E-state index contributed by atoms with van der Waals surface area (Å²) in [5.74, 6) is 0. The first-order chi connectivity index (χ1) is 6.80. The summed E-state index contributed by atoms with van der Waals surface area (Å²) < 4.78 is 0. The normalized spacial score (nSPS) is 45.0. The van der Waals surface area contributed by atoms with Crippen LogP contribution in [0.4, 0.5) is 0 Å². The molecule has 0 N–H and O–H groups in total. The zero-order valence-corrected chi connectivity index (χ0v) is 8.41. The third-order valence-electron chi connectivity index (χ3n) is 4.63. The Labute approximate surface area is 84.1 Å². The van der Waals surface area contributed by atoms with Gasteiger partial charge in [0.2, 0.25) is 0 Å². The zero-order valence-electron chi connectivity index (χ0n) is 8.41. The number of hydrogen-bond donors (Lipinski definition) is 0. The Bertz CT molecular complexity index is 302. The Hall–Kier alpha value is -0.860. The van der Waals surface area contributed by atoms with E-state index in [1.165, 1.54) is 32.1 Å². The lowest BCUT2D eigenvalue weighted by atomic mass is 9.63. The van der Waals surface area contributed by atoms with Crippen LogP contribution in [-0.4, -0.2) is 18.1 Å². The minimum atomic E-state index is 0.305. The highest BCUT2D eigenvalue weighted by Crippen LogP contribution is 2.62. The van der Waals surface area contributed by atoms with Crippen molar-refractivity contribution in [3.63, 3.8) is 0 Å². The minimum absolute atomic E-state index is 0.305.